The molecule has 1 amide bonds. The quantitative estimate of drug-likeness (QED) is 0.616. The third-order valence-corrected chi connectivity index (χ3v) is 6.11. The monoisotopic (exact) mass is 428 g/mol. The predicted molar refractivity (Wildman–Crippen MR) is 115 cm³/mol. The van der Waals surface area contributed by atoms with Gasteiger partial charge in [-0.25, -0.2) is 15.0 Å². The Hall–Kier alpha value is -2.78. The number of carbonyl (C=O) groups is 1. The highest BCUT2D eigenvalue weighted by molar-refractivity contribution is 5.85. The van der Waals surface area contributed by atoms with Crippen molar-refractivity contribution >= 4 is 35.3 Å². The highest BCUT2D eigenvalue weighted by Gasteiger charge is 2.41. The number of hydrogen-bond donors (Lipinski definition) is 2. The van der Waals surface area contributed by atoms with Crippen molar-refractivity contribution in [1.29, 1.82) is 0 Å². The van der Waals surface area contributed by atoms with Crippen molar-refractivity contribution in [3.05, 3.63) is 42.7 Å². The number of fused-ring (bicyclic) bond motifs is 1. The zero-order valence-electron chi connectivity index (χ0n) is 16.5. The Morgan fingerprint density at radius 3 is 2.87 bits per heavy atom. The molecule has 1 aliphatic heterocycles. The summed E-state index contributed by atoms with van der Waals surface area (Å²) >= 11 is 0. The Labute approximate surface area is 180 Å². The summed E-state index contributed by atoms with van der Waals surface area (Å²) < 4.78 is 2.14. The molecule has 9 nitrogen and oxygen atoms in total. The van der Waals surface area contributed by atoms with Gasteiger partial charge in [-0.3, -0.25) is 14.7 Å². The molecule has 0 aromatic carbocycles. The SMILES string of the molecule is Cl.NC(=O)C1CCCN1C1CC(n2cnc3c(NCc4cccnc4)ncnc32)C1. The lowest BCUT2D eigenvalue weighted by Gasteiger charge is -2.43. The minimum atomic E-state index is -0.198. The first-order chi connectivity index (χ1) is 14.2. The maximum Gasteiger partial charge on any atom is 0.234 e. The van der Waals surface area contributed by atoms with Gasteiger partial charge in [0.25, 0.3) is 0 Å². The van der Waals surface area contributed by atoms with Gasteiger partial charge in [0.2, 0.25) is 5.91 Å². The van der Waals surface area contributed by atoms with Crippen LogP contribution in [0.3, 0.4) is 0 Å². The van der Waals surface area contributed by atoms with Crippen molar-refractivity contribution < 1.29 is 4.79 Å². The molecule has 0 radical (unpaired) electrons. The van der Waals surface area contributed by atoms with E-state index in [9.17, 15) is 4.79 Å². The van der Waals surface area contributed by atoms with E-state index in [0.29, 0.717) is 18.6 Å². The summed E-state index contributed by atoms with van der Waals surface area (Å²) in [6.07, 6.45) is 10.9. The van der Waals surface area contributed by atoms with Gasteiger partial charge in [0, 0.05) is 31.0 Å². The molecule has 158 valence electrons. The van der Waals surface area contributed by atoms with E-state index in [-0.39, 0.29) is 24.4 Å². The van der Waals surface area contributed by atoms with Gasteiger partial charge in [-0.15, -0.1) is 12.4 Å². The van der Waals surface area contributed by atoms with Crippen molar-refractivity contribution in [2.24, 2.45) is 5.73 Å². The van der Waals surface area contributed by atoms with Gasteiger partial charge in [-0.05, 0) is 43.9 Å². The lowest BCUT2D eigenvalue weighted by molar-refractivity contribution is -0.123. The van der Waals surface area contributed by atoms with Crippen LogP contribution in [0.5, 0.6) is 0 Å². The minimum Gasteiger partial charge on any atom is -0.368 e. The van der Waals surface area contributed by atoms with E-state index in [2.05, 4.69) is 34.7 Å². The molecule has 2 aliphatic rings. The fraction of sp³-hybridized carbons (Fsp3) is 0.450. The second-order valence-corrected chi connectivity index (χ2v) is 7.84. The van der Waals surface area contributed by atoms with Crippen LogP contribution in [0, 0.1) is 0 Å². The molecule has 4 heterocycles. The fourth-order valence-corrected chi connectivity index (χ4v) is 4.53. The van der Waals surface area contributed by atoms with Crippen molar-refractivity contribution in [1.82, 2.24) is 29.4 Å². The average Bonchev–Trinajstić information content (AvgIpc) is 3.34. The van der Waals surface area contributed by atoms with Crippen LogP contribution in [0.4, 0.5) is 5.82 Å². The number of pyridine rings is 1. The number of nitrogens with one attached hydrogen (secondary N) is 1. The number of carbonyl (C=O) groups excluding carboxylic acids is 1. The number of imidazole rings is 1. The third kappa shape index (κ3) is 3.70. The van der Waals surface area contributed by atoms with Gasteiger partial charge in [0.15, 0.2) is 11.5 Å². The molecule has 0 spiro atoms. The molecule has 10 heteroatoms. The van der Waals surface area contributed by atoms with E-state index < -0.39 is 0 Å². The van der Waals surface area contributed by atoms with Crippen molar-refractivity contribution in [3.8, 4) is 0 Å². The maximum atomic E-state index is 11.7. The number of nitrogens with zero attached hydrogens (tertiary/aromatic N) is 6. The van der Waals surface area contributed by atoms with Gasteiger partial charge >= 0.3 is 0 Å². The molecule has 1 atom stereocenters. The van der Waals surface area contributed by atoms with Crippen molar-refractivity contribution in [2.45, 2.75) is 50.4 Å². The van der Waals surface area contributed by atoms with Crippen LogP contribution < -0.4 is 11.1 Å². The molecule has 1 unspecified atom stereocenters. The van der Waals surface area contributed by atoms with Crippen LogP contribution in [-0.2, 0) is 11.3 Å². The number of anilines is 1. The number of aromatic nitrogens is 5. The molecule has 3 aromatic rings. The van der Waals surface area contributed by atoms with Crippen LogP contribution in [0.15, 0.2) is 37.2 Å². The van der Waals surface area contributed by atoms with E-state index in [0.717, 1.165) is 54.8 Å². The molecule has 3 aromatic heterocycles. The molecule has 1 aliphatic carbocycles. The lowest BCUT2D eigenvalue weighted by atomic mass is 9.84. The van der Waals surface area contributed by atoms with Crippen molar-refractivity contribution in [3.63, 3.8) is 0 Å². The molecular weight excluding hydrogens is 404 g/mol. The highest BCUT2D eigenvalue weighted by Crippen LogP contribution is 2.40. The maximum absolute atomic E-state index is 11.7. The van der Waals surface area contributed by atoms with Gasteiger partial charge in [-0.1, -0.05) is 6.07 Å². The smallest absolute Gasteiger partial charge is 0.234 e. The molecule has 3 N–H and O–H groups in total. The molecule has 1 saturated heterocycles. The largest absolute Gasteiger partial charge is 0.368 e. The molecule has 30 heavy (non-hydrogen) atoms. The molecule has 5 rings (SSSR count). The second-order valence-electron chi connectivity index (χ2n) is 7.84. The summed E-state index contributed by atoms with van der Waals surface area (Å²) in [4.78, 5) is 31.5. The van der Waals surface area contributed by atoms with Crippen LogP contribution in [0.1, 0.15) is 37.3 Å². The van der Waals surface area contributed by atoms with Gasteiger partial charge in [0.05, 0.1) is 12.4 Å². The van der Waals surface area contributed by atoms with Crippen LogP contribution in [0.25, 0.3) is 11.2 Å². The number of halogens is 1. The van der Waals surface area contributed by atoms with Gasteiger partial charge in [0.1, 0.15) is 11.8 Å². The predicted octanol–water partition coefficient (Wildman–Crippen LogP) is 1.91. The molecule has 1 saturated carbocycles. The van der Waals surface area contributed by atoms with E-state index in [1.54, 1.807) is 12.5 Å². The van der Waals surface area contributed by atoms with E-state index in [4.69, 9.17) is 5.73 Å². The molecule has 2 fully saturated rings. The average molecular weight is 429 g/mol. The number of nitrogens with two attached hydrogens (primary N) is 1. The van der Waals surface area contributed by atoms with Gasteiger partial charge in [-0.2, -0.15) is 0 Å². The molecular formula is C20H25ClN8O. The Kier molecular flexibility index (Phi) is 5.83. The fourth-order valence-electron chi connectivity index (χ4n) is 4.53. The van der Waals surface area contributed by atoms with Gasteiger partial charge < -0.3 is 15.6 Å². The Morgan fingerprint density at radius 1 is 1.23 bits per heavy atom. The highest BCUT2D eigenvalue weighted by atomic mass is 35.5. The summed E-state index contributed by atoms with van der Waals surface area (Å²) in [5.74, 6) is 0.526. The van der Waals surface area contributed by atoms with E-state index in [1.807, 2.05) is 24.7 Å². The lowest BCUT2D eigenvalue weighted by Crippen LogP contribution is -2.51. The zero-order valence-corrected chi connectivity index (χ0v) is 17.3. The zero-order chi connectivity index (χ0) is 19.8. The first-order valence-corrected chi connectivity index (χ1v) is 10.1. The second kappa shape index (κ2) is 8.53. The summed E-state index contributed by atoms with van der Waals surface area (Å²) in [7, 11) is 0. The first kappa shape index (κ1) is 20.5. The standard InChI is InChI=1S/C20H24N8O.ClH/c21-18(29)16-4-2-6-27(16)14-7-15(8-14)28-12-26-17-19(24-11-25-20(17)28)23-10-13-3-1-5-22-9-13;/h1,3,5,9,11-12,14-16H,2,4,6-8,10H2,(H2,21,29)(H,23,24,25);1H. The summed E-state index contributed by atoms with van der Waals surface area (Å²) in [5, 5.41) is 3.34. The Balaban J connectivity index is 0.00000218. The Morgan fingerprint density at radius 2 is 2.10 bits per heavy atom. The Bertz CT molecular complexity index is 1020. The summed E-state index contributed by atoms with van der Waals surface area (Å²) in [5.41, 5.74) is 8.26. The number of hydrogen-bond acceptors (Lipinski definition) is 7. The topological polar surface area (TPSA) is 115 Å². The number of rotatable bonds is 6. The molecule has 0 bridgehead atoms. The number of primary amides is 1. The van der Waals surface area contributed by atoms with Crippen LogP contribution >= 0.6 is 12.4 Å². The normalized spacial score (nSPS) is 23.7. The summed E-state index contributed by atoms with van der Waals surface area (Å²) in [6.45, 7) is 1.59. The van der Waals surface area contributed by atoms with Crippen LogP contribution in [-0.4, -0.2) is 53.9 Å². The van der Waals surface area contributed by atoms with Crippen LogP contribution in [0.2, 0.25) is 0 Å². The number of amides is 1. The minimum absolute atomic E-state index is 0. The van der Waals surface area contributed by atoms with Crippen molar-refractivity contribution in [2.75, 3.05) is 11.9 Å². The van der Waals surface area contributed by atoms with E-state index in [1.165, 1.54) is 0 Å². The number of likely N-dealkylation sites (tertiary alicyclic amines) is 1. The summed E-state index contributed by atoms with van der Waals surface area (Å²) in [6, 6.07) is 4.56. The van der Waals surface area contributed by atoms with E-state index >= 15 is 0 Å². The first-order valence-electron chi connectivity index (χ1n) is 10.1. The third-order valence-electron chi connectivity index (χ3n) is 6.11.